The van der Waals surface area contributed by atoms with E-state index in [-0.39, 0.29) is 0 Å². The maximum Gasteiger partial charge on any atom is 0.178 e. The van der Waals surface area contributed by atoms with E-state index in [1.807, 2.05) is 19.1 Å². The topological polar surface area (TPSA) is 33.2 Å². The molecule has 0 bridgehead atoms. The highest BCUT2D eigenvalue weighted by atomic mass is 32.1. The van der Waals surface area contributed by atoms with Crippen LogP contribution in [0.3, 0.4) is 0 Å². The summed E-state index contributed by atoms with van der Waals surface area (Å²) in [6.45, 7) is 4.85. The molecule has 1 saturated heterocycles. The first-order chi connectivity index (χ1) is 9.20. The molecule has 1 fully saturated rings. The number of hydrogen-bond donors (Lipinski definition) is 1. The standard InChI is InChI=1S/C14H19N3OS/c1-3-18-12-6-4-5-11-13(12)15-14(19)17(11)10-7-8-16(2)9-10/h4-6,10H,3,7-9H2,1-2H3,(H,15,19). The summed E-state index contributed by atoms with van der Waals surface area (Å²) in [7, 11) is 2.16. The molecule has 1 aliphatic heterocycles. The Kier molecular flexibility index (Phi) is 3.33. The van der Waals surface area contributed by atoms with E-state index in [1.165, 1.54) is 0 Å². The molecule has 19 heavy (non-hydrogen) atoms. The molecule has 2 heterocycles. The largest absolute Gasteiger partial charge is 0.492 e. The molecule has 3 rings (SSSR count). The molecule has 0 amide bonds. The molecule has 102 valence electrons. The Bertz CT molecular complexity index is 646. The first-order valence-electron chi connectivity index (χ1n) is 6.75. The molecule has 1 aromatic heterocycles. The Morgan fingerprint density at radius 2 is 2.32 bits per heavy atom. The fourth-order valence-electron chi connectivity index (χ4n) is 2.88. The minimum absolute atomic E-state index is 0.461. The van der Waals surface area contributed by atoms with Gasteiger partial charge in [-0.3, -0.25) is 0 Å². The van der Waals surface area contributed by atoms with Gasteiger partial charge in [0, 0.05) is 6.54 Å². The Labute approximate surface area is 118 Å². The zero-order valence-corrected chi connectivity index (χ0v) is 12.2. The lowest BCUT2D eigenvalue weighted by Crippen LogP contribution is -2.16. The van der Waals surface area contributed by atoms with Gasteiger partial charge in [0.15, 0.2) is 4.77 Å². The van der Waals surface area contributed by atoms with Gasteiger partial charge in [-0.15, -0.1) is 0 Å². The molecule has 4 nitrogen and oxygen atoms in total. The number of para-hydroxylation sites is 1. The molecule has 1 aromatic carbocycles. The van der Waals surface area contributed by atoms with E-state index in [4.69, 9.17) is 17.0 Å². The first kappa shape index (κ1) is 12.7. The van der Waals surface area contributed by atoms with E-state index in [0.717, 1.165) is 41.1 Å². The second-order valence-electron chi connectivity index (χ2n) is 5.09. The fraction of sp³-hybridized carbons (Fsp3) is 0.500. The number of ether oxygens (including phenoxy) is 1. The number of aromatic nitrogens is 2. The third-order valence-electron chi connectivity index (χ3n) is 3.75. The van der Waals surface area contributed by atoms with Gasteiger partial charge in [0.1, 0.15) is 11.3 Å². The van der Waals surface area contributed by atoms with Crippen LogP contribution in [0, 0.1) is 4.77 Å². The summed E-state index contributed by atoms with van der Waals surface area (Å²) < 4.78 is 8.71. The smallest absolute Gasteiger partial charge is 0.178 e. The number of nitrogens with zero attached hydrogens (tertiary/aromatic N) is 2. The molecule has 5 heteroatoms. The molecule has 0 radical (unpaired) electrons. The zero-order valence-electron chi connectivity index (χ0n) is 11.3. The monoisotopic (exact) mass is 277 g/mol. The summed E-state index contributed by atoms with van der Waals surface area (Å²) >= 11 is 5.51. The Hall–Kier alpha value is -1.33. The van der Waals surface area contributed by atoms with Crippen LogP contribution in [0.4, 0.5) is 0 Å². The van der Waals surface area contributed by atoms with Crippen molar-refractivity contribution in [1.29, 1.82) is 0 Å². The number of hydrogen-bond acceptors (Lipinski definition) is 3. The van der Waals surface area contributed by atoms with Gasteiger partial charge in [-0.25, -0.2) is 0 Å². The Balaban J connectivity index is 2.12. The van der Waals surface area contributed by atoms with Gasteiger partial charge >= 0.3 is 0 Å². The van der Waals surface area contributed by atoms with Gasteiger partial charge in [-0.2, -0.15) is 0 Å². The van der Waals surface area contributed by atoms with Gasteiger partial charge in [-0.05, 0) is 51.3 Å². The van der Waals surface area contributed by atoms with Crippen molar-refractivity contribution < 1.29 is 4.74 Å². The number of nitrogens with one attached hydrogen (secondary N) is 1. The van der Waals surface area contributed by atoms with Crippen LogP contribution in [0.5, 0.6) is 5.75 Å². The van der Waals surface area contributed by atoms with Crippen molar-refractivity contribution >= 4 is 23.3 Å². The molecule has 0 spiro atoms. The number of H-pyrrole nitrogens is 1. The predicted octanol–water partition coefficient (Wildman–Crippen LogP) is 2.97. The normalized spacial score (nSPS) is 20.2. The van der Waals surface area contributed by atoms with Crippen LogP contribution in [0.1, 0.15) is 19.4 Å². The maximum absolute atomic E-state index is 5.67. The maximum atomic E-state index is 5.67. The van der Waals surface area contributed by atoms with Crippen LogP contribution >= 0.6 is 12.2 Å². The van der Waals surface area contributed by atoms with Crippen molar-refractivity contribution in [2.75, 3.05) is 26.7 Å². The summed E-state index contributed by atoms with van der Waals surface area (Å²) in [5.41, 5.74) is 2.17. The van der Waals surface area contributed by atoms with Crippen LogP contribution in [0.25, 0.3) is 11.0 Å². The van der Waals surface area contributed by atoms with Gasteiger partial charge in [0.2, 0.25) is 0 Å². The predicted molar refractivity (Wildman–Crippen MR) is 79.4 cm³/mol. The SMILES string of the molecule is CCOc1cccc2c1[nH]c(=S)n2C1CCN(C)C1. The van der Waals surface area contributed by atoms with Crippen LogP contribution in [-0.4, -0.2) is 41.2 Å². The molecule has 0 aliphatic carbocycles. The van der Waals surface area contributed by atoms with E-state index in [0.29, 0.717) is 12.6 Å². The summed E-state index contributed by atoms with van der Waals surface area (Å²) in [6.07, 6.45) is 1.15. The zero-order chi connectivity index (χ0) is 13.4. The summed E-state index contributed by atoms with van der Waals surface area (Å²) in [5, 5.41) is 0. The average Bonchev–Trinajstić information content (AvgIpc) is 2.93. The Morgan fingerprint density at radius 1 is 1.47 bits per heavy atom. The van der Waals surface area contributed by atoms with Gasteiger partial charge < -0.3 is 19.2 Å². The molecule has 1 aliphatic rings. The quantitative estimate of drug-likeness (QED) is 0.876. The molecule has 2 aromatic rings. The number of likely N-dealkylation sites (N-methyl/N-ethyl adjacent to an activating group) is 1. The lowest BCUT2D eigenvalue weighted by molar-refractivity contribution is 0.343. The second-order valence-corrected chi connectivity index (χ2v) is 5.47. The van der Waals surface area contributed by atoms with E-state index in [1.54, 1.807) is 0 Å². The van der Waals surface area contributed by atoms with Crippen LogP contribution in [-0.2, 0) is 0 Å². The first-order valence-corrected chi connectivity index (χ1v) is 7.16. The van der Waals surface area contributed by atoms with Crippen LogP contribution in [0.15, 0.2) is 18.2 Å². The molecule has 1 unspecified atom stereocenters. The lowest BCUT2D eigenvalue weighted by atomic mass is 10.2. The van der Waals surface area contributed by atoms with Gasteiger partial charge in [0.25, 0.3) is 0 Å². The highest BCUT2D eigenvalue weighted by Crippen LogP contribution is 2.30. The van der Waals surface area contributed by atoms with Crippen molar-refractivity contribution in [2.24, 2.45) is 0 Å². The minimum Gasteiger partial charge on any atom is -0.492 e. The summed E-state index contributed by atoms with van der Waals surface area (Å²) in [4.78, 5) is 5.65. The molecule has 0 saturated carbocycles. The van der Waals surface area contributed by atoms with E-state index < -0.39 is 0 Å². The molecule has 1 atom stereocenters. The number of imidazole rings is 1. The number of benzene rings is 1. The number of aromatic amines is 1. The van der Waals surface area contributed by atoms with Crippen LogP contribution < -0.4 is 4.74 Å². The van der Waals surface area contributed by atoms with E-state index >= 15 is 0 Å². The number of rotatable bonds is 3. The van der Waals surface area contributed by atoms with E-state index in [9.17, 15) is 0 Å². The highest BCUT2D eigenvalue weighted by Gasteiger charge is 2.23. The lowest BCUT2D eigenvalue weighted by Gasteiger charge is -2.13. The van der Waals surface area contributed by atoms with Crippen molar-refractivity contribution in [3.8, 4) is 5.75 Å². The van der Waals surface area contributed by atoms with Crippen molar-refractivity contribution in [3.05, 3.63) is 23.0 Å². The average molecular weight is 277 g/mol. The molecule has 1 N–H and O–H groups in total. The van der Waals surface area contributed by atoms with Crippen molar-refractivity contribution in [3.63, 3.8) is 0 Å². The van der Waals surface area contributed by atoms with Crippen molar-refractivity contribution in [1.82, 2.24) is 14.5 Å². The Morgan fingerprint density at radius 3 is 3.00 bits per heavy atom. The second kappa shape index (κ2) is 4.98. The summed E-state index contributed by atoms with van der Waals surface area (Å²) in [6, 6.07) is 6.60. The minimum atomic E-state index is 0.461. The van der Waals surface area contributed by atoms with Gasteiger partial charge in [-0.1, -0.05) is 6.07 Å². The third-order valence-corrected chi connectivity index (χ3v) is 4.04. The highest BCUT2D eigenvalue weighted by molar-refractivity contribution is 7.71. The summed E-state index contributed by atoms with van der Waals surface area (Å²) in [5.74, 6) is 0.885. The van der Waals surface area contributed by atoms with Gasteiger partial charge in [0.05, 0.1) is 18.2 Å². The third kappa shape index (κ3) is 2.17. The number of likely N-dealkylation sites (tertiary alicyclic amines) is 1. The molecular formula is C14H19N3OS. The van der Waals surface area contributed by atoms with Crippen LogP contribution in [0.2, 0.25) is 0 Å². The fourth-order valence-corrected chi connectivity index (χ4v) is 3.23. The number of fused-ring (bicyclic) bond motifs is 1. The molecular weight excluding hydrogens is 258 g/mol. The van der Waals surface area contributed by atoms with Crippen molar-refractivity contribution in [2.45, 2.75) is 19.4 Å². The van der Waals surface area contributed by atoms with E-state index in [2.05, 4.69) is 27.6 Å².